The average molecular weight is 236 g/mol. The number of carbonyl (C=O) groups excluding carboxylic acids is 1. The summed E-state index contributed by atoms with van der Waals surface area (Å²) in [4.78, 5) is 13.9. The van der Waals surface area contributed by atoms with Crippen LogP contribution >= 0.6 is 0 Å². The third-order valence-electron chi connectivity index (χ3n) is 3.21. The molecule has 1 aromatic rings. The van der Waals surface area contributed by atoms with Crippen molar-refractivity contribution in [2.75, 3.05) is 20.1 Å². The lowest BCUT2D eigenvalue weighted by molar-refractivity contribution is 0.0775. The first-order valence-electron chi connectivity index (χ1n) is 6.14. The summed E-state index contributed by atoms with van der Waals surface area (Å²) in [6, 6.07) is 0.439. The van der Waals surface area contributed by atoms with Crippen LogP contribution in [-0.2, 0) is 7.05 Å². The molecule has 0 radical (unpaired) electrons. The van der Waals surface area contributed by atoms with Gasteiger partial charge in [-0.1, -0.05) is 6.42 Å². The number of piperidine rings is 1. The van der Waals surface area contributed by atoms with Gasteiger partial charge in [0.1, 0.15) is 0 Å². The van der Waals surface area contributed by atoms with Gasteiger partial charge in [-0.05, 0) is 19.4 Å². The SMILES string of the molecule is CN(CC1CCCCN1)C(=O)c1cnn(C)c1. The Morgan fingerprint density at radius 2 is 2.47 bits per heavy atom. The zero-order chi connectivity index (χ0) is 12.3. The van der Waals surface area contributed by atoms with Crippen molar-refractivity contribution in [1.82, 2.24) is 20.0 Å². The molecule has 0 aliphatic carbocycles. The molecule has 1 fully saturated rings. The van der Waals surface area contributed by atoms with Crippen molar-refractivity contribution >= 4 is 5.91 Å². The van der Waals surface area contributed by atoms with Crippen LogP contribution in [0.2, 0.25) is 0 Å². The summed E-state index contributed by atoms with van der Waals surface area (Å²) in [6.07, 6.45) is 7.04. The summed E-state index contributed by atoms with van der Waals surface area (Å²) in [5.74, 6) is 0.0467. The van der Waals surface area contributed by atoms with E-state index in [9.17, 15) is 4.79 Å². The number of likely N-dealkylation sites (N-methyl/N-ethyl adjacent to an activating group) is 1. The minimum absolute atomic E-state index is 0.0467. The van der Waals surface area contributed by atoms with E-state index >= 15 is 0 Å². The van der Waals surface area contributed by atoms with Crippen molar-refractivity contribution in [2.45, 2.75) is 25.3 Å². The number of hydrogen-bond acceptors (Lipinski definition) is 3. The minimum Gasteiger partial charge on any atom is -0.340 e. The Labute approximate surface area is 102 Å². The first-order chi connectivity index (χ1) is 8.16. The Bertz CT molecular complexity index is 382. The largest absolute Gasteiger partial charge is 0.340 e. The van der Waals surface area contributed by atoms with E-state index in [4.69, 9.17) is 0 Å². The summed E-state index contributed by atoms with van der Waals surface area (Å²) < 4.78 is 1.65. The summed E-state index contributed by atoms with van der Waals surface area (Å²) in [6.45, 7) is 1.84. The maximum absolute atomic E-state index is 12.1. The number of nitrogens with one attached hydrogen (secondary N) is 1. The van der Waals surface area contributed by atoms with Crippen molar-refractivity contribution in [2.24, 2.45) is 7.05 Å². The lowest BCUT2D eigenvalue weighted by Crippen LogP contribution is -2.44. The van der Waals surface area contributed by atoms with E-state index in [2.05, 4.69) is 10.4 Å². The maximum Gasteiger partial charge on any atom is 0.256 e. The molecule has 5 nitrogen and oxygen atoms in total. The number of aryl methyl sites for hydroxylation is 1. The molecule has 1 amide bonds. The second-order valence-corrected chi connectivity index (χ2v) is 4.74. The number of rotatable bonds is 3. The van der Waals surface area contributed by atoms with E-state index in [0.717, 1.165) is 19.5 Å². The molecule has 5 heteroatoms. The topological polar surface area (TPSA) is 50.2 Å². The van der Waals surface area contributed by atoms with Crippen LogP contribution in [0.3, 0.4) is 0 Å². The fourth-order valence-corrected chi connectivity index (χ4v) is 2.25. The highest BCUT2D eigenvalue weighted by Crippen LogP contribution is 2.09. The minimum atomic E-state index is 0.0467. The van der Waals surface area contributed by atoms with Crippen LogP contribution in [0.15, 0.2) is 12.4 Å². The van der Waals surface area contributed by atoms with Gasteiger partial charge in [-0.3, -0.25) is 9.48 Å². The molecule has 94 valence electrons. The summed E-state index contributed by atoms with van der Waals surface area (Å²) in [7, 11) is 3.67. The van der Waals surface area contributed by atoms with Gasteiger partial charge in [0.15, 0.2) is 0 Å². The Hall–Kier alpha value is -1.36. The van der Waals surface area contributed by atoms with E-state index in [1.165, 1.54) is 12.8 Å². The van der Waals surface area contributed by atoms with Crippen molar-refractivity contribution in [3.63, 3.8) is 0 Å². The number of hydrogen-bond donors (Lipinski definition) is 1. The van der Waals surface area contributed by atoms with Crippen molar-refractivity contribution < 1.29 is 4.79 Å². The van der Waals surface area contributed by atoms with E-state index in [-0.39, 0.29) is 5.91 Å². The Balaban J connectivity index is 1.90. The van der Waals surface area contributed by atoms with Gasteiger partial charge in [0.05, 0.1) is 11.8 Å². The standard InChI is InChI=1S/C12H20N4O/c1-15(9-11-5-3-4-6-13-11)12(17)10-7-14-16(2)8-10/h7-8,11,13H,3-6,9H2,1-2H3. The first kappa shape index (κ1) is 12.1. The van der Waals surface area contributed by atoms with E-state index in [1.807, 2.05) is 14.1 Å². The molecule has 0 bridgehead atoms. The molecule has 0 spiro atoms. The predicted molar refractivity (Wildman–Crippen MR) is 65.8 cm³/mol. The lowest BCUT2D eigenvalue weighted by atomic mass is 10.0. The predicted octanol–water partition coefficient (Wildman–Crippen LogP) is 0.634. The molecule has 17 heavy (non-hydrogen) atoms. The molecular formula is C12H20N4O. The molecule has 2 rings (SSSR count). The van der Waals surface area contributed by atoms with E-state index < -0.39 is 0 Å². The third kappa shape index (κ3) is 3.06. The van der Waals surface area contributed by atoms with Gasteiger partial charge in [-0.15, -0.1) is 0 Å². The van der Waals surface area contributed by atoms with Gasteiger partial charge in [0.2, 0.25) is 0 Å². The van der Waals surface area contributed by atoms with Gasteiger partial charge in [-0.25, -0.2) is 0 Å². The highest BCUT2D eigenvalue weighted by Gasteiger charge is 2.19. The van der Waals surface area contributed by atoms with Crippen LogP contribution in [0.5, 0.6) is 0 Å². The van der Waals surface area contributed by atoms with Gasteiger partial charge >= 0.3 is 0 Å². The van der Waals surface area contributed by atoms with Crippen molar-refractivity contribution in [1.29, 1.82) is 0 Å². The highest BCUT2D eigenvalue weighted by molar-refractivity contribution is 5.93. The molecule has 1 aliphatic rings. The second-order valence-electron chi connectivity index (χ2n) is 4.74. The Morgan fingerprint density at radius 1 is 1.65 bits per heavy atom. The number of carbonyl (C=O) groups is 1. The number of amides is 1. The summed E-state index contributed by atoms with van der Waals surface area (Å²) in [5.41, 5.74) is 0.658. The Kier molecular flexibility index (Phi) is 3.78. The lowest BCUT2D eigenvalue weighted by Gasteiger charge is -2.28. The molecule has 1 N–H and O–H groups in total. The van der Waals surface area contributed by atoms with Crippen LogP contribution < -0.4 is 5.32 Å². The molecule has 0 aromatic carbocycles. The Morgan fingerprint density at radius 3 is 3.06 bits per heavy atom. The molecule has 0 saturated carbocycles. The summed E-state index contributed by atoms with van der Waals surface area (Å²) in [5, 5.41) is 7.47. The van der Waals surface area contributed by atoms with E-state index in [0.29, 0.717) is 11.6 Å². The van der Waals surface area contributed by atoms with Crippen molar-refractivity contribution in [3.05, 3.63) is 18.0 Å². The molecular weight excluding hydrogens is 216 g/mol. The zero-order valence-electron chi connectivity index (χ0n) is 10.5. The maximum atomic E-state index is 12.1. The van der Waals surface area contributed by atoms with Gasteiger partial charge in [-0.2, -0.15) is 5.10 Å². The van der Waals surface area contributed by atoms with Gasteiger partial charge < -0.3 is 10.2 Å². The van der Waals surface area contributed by atoms with Crippen LogP contribution in [0.25, 0.3) is 0 Å². The van der Waals surface area contributed by atoms with Crippen LogP contribution in [0.4, 0.5) is 0 Å². The van der Waals surface area contributed by atoms with Crippen LogP contribution in [0.1, 0.15) is 29.6 Å². The summed E-state index contributed by atoms with van der Waals surface area (Å²) >= 11 is 0. The quantitative estimate of drug-likeness (QED) is 0.837. The fourth-order valence-electron chi connectivity index (χ4n) is 2.25. The molecule has 1 saturated heterocycles. The third-order valence-corrected chi connectivity index (χ3v) is 3.21. The second kappa shape index (κ2) is 5.31. The number of aromatic nitrogens is 2. The molecule has 2 heterocycles. The van der Waals surface area contributed by atoms with Gasteiger partial charge in [0.25, 0.3) is 5.91 Å². The average Bonchev–Trinajstić information content (AvgIpc) is 2.76. The highest BCUT2D eigenvalue weighted by atomic mass is 16.2. The first-order valence-corrected chi connectivity index (χ1v) is 6.14. The smallest absolute Gasteiger partial charge is 0.256 e. The molecule has 1 aromatic heterocycles. The molecule has 1 unspecified atom stereocenters. The molecule has 1 atom stereocenters. The normalized spacial score (nSPS) is 20.2. The molecule has 1 aliphatic heterocycles. The monoisotopic (exact) mass is 236 g/mol. The fraction of sp³-hybridized carbons (Fsp3) is 0.667. The van der Waals surface area contributed by atoms with Gasteiger partial charge in [0, 0.05) is 32.9 Å². The van der Waals surface area contributed by atoms with Crippen molar-refractivity contribution in [3.8, 4) is 0 Å². The number of nitrogens with zero attached hydrogens (tertiary/aromatic N) is 3. The van der Waals surface area contributed by atoms with E-state index in [1.54, 1.807) is 22.0 Å². The van der Waals surface area contributed by atoms with Crippen LogP contribution in [0, 0.1) is 0 Å². The van der Waals surface area contributed by atoms with Crippen LogP contribution in [-0.4, -0.2) is 46.8 Å². The zero-order valence-corrected chi connectivity index (χ0v) is 10.5.